The van der Waals surface area contributed by atoms with Crippen LogP contribution in [0.25, 0.3) is 88.4 Å². The molecule has 0 aliphatic heterocycles. The third kappa shape index (κ3) is 5.87. The van der Waals surface area contributed by atoms with E-state index in [9.17, 15) is 31.6 Å². The van der Waals surface area contributed by atoms with E-state index in [1.54, 1.807) is 36.4 Å². The molecule has 0 fully saturated rings. The molecule has 0 amide bonds. The first-order valence-corrected chi connectivity index (χ1v) is 19.5. The fourth-order valence-electron chi connectivity index (χ4n) is 8.65. The van der Waals surface area contributed by atoms with Gasteiger partial charge in [-0.05, 0) is 118 Å². The van der Waals surface area contributed by atoms with E-state index in [0.29, 0.717) is 44.8 Å². The molecule has 10 aromatic rings. The number of rotatable bonds is 5. The number of hydrogen-bond donors (Lipinski definition) is 0. The van der Waals surface area contributed by atoms with Crippen LogP contribution in [0.15, 0.2) is 158 Å². The van der Waals surface area contributed by atoms with Crippen LogP contribution in [-0.2, 0) is 0 Å². The molecule has 0 unspecified atom stereocenters. The molecule has 0 atom stereocenters. The molecule has 62 heavy (non-hydrogen) atoms. The first-order chi connectivity index (χ1) is 30.4. The minimum absolute atomic E-state index is 0.391. The van der Waals surface area contributed by atoms with Crippen molar-refractivity contribution < 1.29 is 0 Å². The number of hydrogen-bond acceptors (Lipinski definition) is 6. The zero-order valence-electron chi connectivity index (χ0n) is 32.6. The molecule has 0 aliphatic carbocycles. The Morgan fingerprint density at radius 3 is 0.984 bits per heavy atom. The van der Waals surface area contributed by atoms with Crippen LogP contribution in [0.2, 0.25) is 0 Å². The Morgan fingerprint density at radius 1 is 0.274 bits per heavy atom. The normalized spacial score (nSPS) is 10.8. The highest BCUT2D eigenvalue weighted by molar-refractivity contribution is 6.11. The molecule has 0 saturated carbocycles. The maximum absolute atomic E-state index is 10.6. The third-order valence-electron chi connectivity index (χ3n) is 11.4. The van der Waals surface area contributed by atoms with Gasteiger partial charge in [-0.25, -0.2) is 0 Å². The second kappa shape index (κ2) is 14.6. The summed E-state index contributed by atoms with van der Waals surface area (Å²) in [5.74, 6) is 0. The van der Waals surface area contributed by atoms with Crippen molar-refractivity contribution in [1.29, 1.82) is 31.6 Å². The molecule has 8 aromatic carbocycles. The largest absolute Gasteiger partial charge is 0.308 e. The van der Waals surface area contributed by atoms with E-state index >= 15 is 0 Å². The van der Waals surface area contributed by atoms with Gasteiger partial charge in [0.1, 0.15) is 12.1 Å². The lowest BCUT2D eigenvalue weighted by Gasteiger charge is -2.15. The van der Waals surface area contributed by atoms with Crippen molar-refractivity contribution in [3.8, 4) is 81.2 Å². The molecule has 8 nitrogen and oxygen atoms in total. The Labute approximate surface area is 355 Å². The molecular weight excluding hydrogens is 761 g/mol. The number of nitrogens with zero attached hydrogens (tertiary/aromatic N) is 8. The summed E-state index contributed by atoms with van der Waals surface area (Å²) in [6.07, 6.45) is 0. The maximum Gasteiger partial charge on any atom is 0.101 e. The van der Waals surface area contributed by atoms with E-state index in [1.807, 2.05) is 109 Å². The fourth-order valence-corrected chi connectivity index (χ4v) is 8.65. The molecule has 282 valence electrons. The quantitative estimate of drug-likeness (QED) is 0.169. The Kier molecular flexibility index (Phi) is 8.62. The van der Waals surface area contributed by atoms with E-state index in [0.717, 1.165) is 77.0 Å². The Morgan fingerprint density at radius 2 is 0.613 bits per heavy atom. The molecule has 0 saturated heterocycles. The van der Waals surface area contributed by atoms with Crippen LogP contribution in [0.3, 0.4) is 0 Å². The highest BCUT2D eigenvalue weighted by Crippen LogP contribution is 2.40. The van der Waals surface area contributed by atoms with Gasteiger partial charge in [-0.1, -0.05) is 72.8 Å². The van der Waals surface area contributed by atoms with Gasteiger partial charge in [0.2, 0.25) is 0 Å². The molecule has 2 heterocycles. The summed E-state index contributed by atoms with van der Waals surface area (Å²) in [6.45, 7) is 0. The van der Waals surface area contributed by atoms with Crippen molar-refractivity contribution in [2.45, 2.75) is 0 Å². The van der Waals surface area contributed by atoms with Crippen LogP contribution in [0.4, 0.5) is 0 Å². The van der Waals surface area contributed by atoms with Gasteiger partial charge in [0.25, 0.3) is 0 Å². The van der Waals surface area contributed by atoms with Crippen LogP contribution in [0, 0.1) is 68.0 Å². The van der Waals surface area contributed by atoms with Gasteiger partial charge in [-0.3, -0.25) is 0 Å². The fraction of sp³-hybridized carbons (Fsp3) is 0. The van der Waals surface area contributed by atoms with Gasteiger partial charge in [0.15, 0.2) is 0 Å². The zero-order chi connectivity index (χ0) is 42.5. The molecule has 0 radical (unpaired) electrons. The van der Waals surface area contributed by atoms with Crippen molar-refractivity contribution in [3.05, 3.63) is 191 Å². The Bertz CT molecular complexity index is 3520. The smallest absolute Gasteiger partial charge is 0.101 e. The average Bonchev–Trinajstić information content (AvgIpc) is 3.85. The summed E-state index contributed by atoms with van der Waals surface area (Å²) < 4.78 is 4.18. The number of benzene rings is 8. The van der Waals surface area contributed by atoms with Crippen molar-refractivity contribution in [2.24, 2.45) is 0 Å². The second-order valence-electron chi connectivity index (χ2n) is 14.9. The highest BCUT2D eigenvalue weighted by atomic mass is 15.0. The molecule has 0 N–H and O–H groups in total. The predicted molar refractivity (Wildman–Crippen MR) is 240 cm³/mol. The second-order valence-corrected chi connectivity index (χ2v) is 14.9. The van der Waals surface area contributed by atoms with E-state index < -0.39 is 0 Å². The van der Waals surface area contributed by atoms with Crippen molar-refractivity contribution in [1.82, 2.24) is 9.13 Å². The summed E-state index contributed by atoms with van der Waals surface area (Å²) in [6, 6.07) is 63.4. The topological polar surface area (TPSA) is 153 Å². The number of fused-ring (bicyclic) bond motifs is 6. The van der Waals surface area contributed by atoms with Crippen molar-refractivity contribution in [3.63, 3.8) is 0 Å². The molecule has 2 aromatic heterocycles. The minimum Gasteiger partial charge on any atom is -0.308 e. The molecule has 10 rings (SSSR count). The lowest BCUT2D eigenvalue weighted by atomic mass is 9.98. The first-order valence-electron chi connectivity index (χ1n) is 19.5. The molecule has 0 spiro atoms. The van der Waals surface area contributed by atoms with Crippen LogP contribution >= 0.6 is 0 Å². The summed E-state index contributed by atoms with van der Waals surface area (Å²) in [5, 5.41) is 64.0. The monoisotopic (exact) mass is 786 g/mol. The maximum atomic E-state index is 10.6. The predicted octanol–water partition coefficient (Wildman–Crippen LogP) is 12.1. The summed E-state index contributed by atoms with van der Waals surface area (Å²) >= 11 is 0. The van der Waals surface area contributed by atoms with Crippen molar-refractivity contribution >= 4 is 43.6 Å². The summed E-state index contributed by atoms with van der Waals surface area (Å²) in [5.41, 5.74) is 12.1. The van der Waals surface area contributed by atoms with Crippen LogP contribution in [0.5, 0.6) is 0 Å². The van der Waals surface area contributed by atoms with E-state index in [1.165, 1.54) is 0 Å². The summed E-state index contributed by atoms with van der Waals surface area (Å²) in [7, 11) is 0. The van der Waals surface area contributed by atoms with Crippen molar-refractivity contribution in [2.75, 3.05) is 0 Å². The first kappa shape index (κ1) is 36.6. The van der Waals surface area contributed by atoms with Gasteiger partial charge in [-0.15, -0.1) is 0 Å². The Hall–Kier alpha value is -9.70. The van der Waals surface area contributed by atoms with E-state index in [2.05, 4.69) is 57.7 Å². The summed E-state index contributed by atoms with van der Waals surface area (Å²) in [4.78, 5) is 0. The highest BCUT2D eigenvalue weighted by Gasteiger charge is 2.20. The van der Waals surface area contributed by atoms with Crippen LogP contribution in [0.1, 0.15) is 33.4 Å². The standard InChI is InChI=1S/C54H26N8/c55-27-33-17-34(28-56)20-43(19-33)39-13-15-47-45-5-1-3-7-49(45)61(53(47)25-39)51-23-37(9-11-41(51)31-59)38-10-12-42(32-60)52(24-38)62-50-8-4-2-6-46(50)48-16-14-40(26-54(48)62)44-21-35(29-57)18-36(22-44)30-58/h1-26H. The number of aromatic nitrogens is 2. The zero-order valence-corrected chi connectivity index (χ0v) is 32.6. The van der Waals surface area contributed by atoms with Crippen LogP contribution < -0.4 is 0 Å². The lowest BCUT2D eigenvalue weighted by Crippen LogP contribution is -2.00. The van der Waals surface area contributed by atoms with Crippen LogP contribution in [-0.4, -0.2) is 9.13 Å². The minimum atomic E-state index is 0.391. The SMILES string of the molecule is N#Cc1cc(C#N)cc(-c2ccc3c4ccccc4n(-c4cc(-c5ccc(C#N)c(-n6c7ccccc7c7ccc(-c8cc(C#N)cc(C#N)c8)cc76)c5)ccc4C#N)c3c2)c1. The van der Waals surface area contributed by atoms with Gasteiger partial charge >= 0.3 is 0 Å². The lowest BCUT2D eigenvalue weighted by molar-refractivity contribution is 1.16. The van der Waals surface area contributed by atoms with Gasteiger partial charge in [-0.2, -0.15) is 31.6 Å². The van der Waals surface area contributed by atoms with E-state index in [4.69, 9.17) is 0 Å². The molecule has 0 bridgehead atoms. The average molecular weight is 787 g/mol. The molecule has 0 aliphatic rings. The van der Waals surface area contributed by atoms with Gasteiger partial charge < -0.3 is 9.13 Å². The third-order valence-corrected chi connectivity index (χ3v) is 11.4. The van der Waals surface area contributed by atoms with Gasteiger partial charge in [0, 0.05) is 21.5 Å². The number of para-hydroxylation sites is 2. The molecule has 8 heteroatoms. The number of nitriles is 6. The van der Waals surface area contributed by atoms with Gasteiger partial charge in [0.05, 0.1) is 91.1 Å². The molecular formula is C54H26N8. The Balaban J connectivity index is 1.18. The van der Waals surface area contributed by atoms with E-state index in [-0.39, 0.29) is 0 Å².